The van der Waals surface area contributed by atoms with Crippen LogP contribution < -0.4 is 0 Å². The predicted molar refractivity (Wildman–Crippen MR) is 137 cm³/mol. The van der Waals surface area contributed by atoms with Gasteiger partial charge >= 0.3 is 0 Å². The van der Waals surface area contributed by atoms with Gasteiger partial charge in [-0.25, -0.2) is 0 Å². The standard InChI is InChI=1S/C24H26O2.C6H10O3/c1-23(2,19-9-13-21(25)14-10-19)17-5-7-18(8-6-17)24(3,4)20-11-15-22(26)16-12-20;1(5-3-8-5)7-2-6-4-9-6/h5-16,25-26H,1-4H3;5-6H,1-4H2. The number of benzene rings is 3. The molecular formula is C30H36O5. The number of phenolic OH excluding ortho intramolecular Hbond substituents is 2. The average Bonchev–Trinajstić information content (AvgIpc) is 3.77. The molecule has 5 heteroatoms. The van der Waals surface area contributed by atoms with E-state index in [0.717, 1.165) is 26.4 Å². The Morgan fingerprint density at radius 1 is 0.600 bits per heavy atom. The molecule has 2 atom stereocenters. The molecule has 5 rings (SSSR count). The SMILES string of the molecule is C(OCC1CO1)C1CO1.CC(C)(c1ccc(O)cc1)c1ccc(C(C)(C)c2ccc(O)cc2)cc1. The van der Waals surface area contributed by atoms with E-state index in [1.54, 1.807) is 24.3 Å². The van der Waals surface area contributed by atoms with Crippen LogP contribution in [-0.4, -0.2) is 48.8 Å². The van der Waals surface area contributed by atoms with Crippen molar-refractivity contribution in [1.82, 2.24) is 0 Å². The highest BCUT2D eigenvalue weighted by Gasteiger charge is 2.27. The molecule has 5 nitrogen and oxygen atoms in total. The molecule has 3 aromatic carbocycles. The Labute approximate surface area is 208 Å². The van der Waals surface area contributed by atoms with E-state index < -0.39 is 0 Å². The quantitative estimate of drug-likeness (QED) is 0.417. The van der Waals surface area contributed by atoms with Crippen LogP contribution in [0.4, 0.5) is 0 Å². The molecular weight excluding hydrogens is 440 g/mol. The van der Waals surface area contributed by atoms with E-state index >= 15 is 0 Å². The second kappa shape index (κ2) is 10.4. The number of epoxide rings is 2. The van der Waals surface area contributed by atoms with Crippen molar-refractivity contribution in [2.45, 2.75) is 50.7 Å². The summed E-state index contributed by atoms with van der Waals surface area (Å²) in [5, 5.41) is 19.1. The molecule has 35 heavy (non-hydrogen) atoms. The normalized spacial score (nSPS) is 19.0. The fourth-order valence-electron chi connectivity index (χ4n) is 4.05. The highest BCUT2D eigenvalue weighted by molar-refractivity contribution is 5.44. The van der Waals surface area contributed by atoms with Crippen LogP contribution in [0.3, 0.4) is 0 Å². The second-order valence-corrected chi connectivity index (χ2v) is 10.4. The van der Waals surface area contributed by atoms with Crippen molar-refractivity contribution in [2.24, 2.45) is 0 Å². The summed E-state index contributed by atoms with van der Waals surface area (Å²) in [6, 6.07) is 23.6. The molecule has 3 aromatic rings. The highest BCUT2D eigenvalue weighted by Crippen LogP contribution is 2.36. The van der Waals surface area contributed by atoms with Gasteiger partial charge in [0.15, 0.2) is 0 Å². The fourth-order valence-corrected chi connectivity index (χ4v) is 4.05. The van der Waals surface area contributed by atoms with E-state index in [4.69, 9.17) is 14.2 Å². The minimum absolute atomic E-state index is 0.144. The summed E-state index contributed by atoms with van der Waals surface area (Å²) in [6.07, 6.45) is 0.785. The van der Waals surface area contributed by atoms with Crippen molar-refractivity contribution in [1.29, 1.82) is 0 Å². The van der Waals surface area contributed by atoms with Gasteiger partial charge in [0.2, 0.25) is 0 Å². The van der Waals surface area contributed by atoms with Crippen molar-refractivity contribution < 1.29 is 24.4 Å². The Bertz CT molecular complexity index is 989. The Hall–Kier alpha value is -2.86. The molecule has 0 radical (unpaired) electrons. The molecule has 0 spiro atoms. The lowest BCUT2D eigenvalue weighted by atomic mass is 9.74. The van der Waals surface area contributed by atoms with E-state index in [-0.39, 0.29) is 22.3 Å². The van der Waals surface area contributed by atoms with Crippen molar-refractivity contribution >= 4 is 0 Å². The zero-order valence-corrected chi connectivity index (χ0v) is 21.0. The number of hydrogen-bond acceptors (Lipinski definition) is 5. The maximum atomic E-state index is 9.53. The third kappa shape index (κ3) is 6.63. The van der Waals surface area contributed by atoms with Crippen LogP contribution in [-0.2, 0) is 25.0 Å². The lowest BCUT2D eigenvalue weighted by Gasteiger charge is -2.29. The monoisotopic (exact) mass is 476 g/mol. The van der Waals surface area contributed by atoms with Crippen LogP contribution >= 0.6 is 0 Å². The highest BCUT2D eigenvalue weighted by atomic mass is 16.6. The smallest absolute Gasteiger partial charge is 0.115 e. The Morgan fingerprint density at radius 2 is 0.857 bits per heavy atom. The molecule has 0 amide bonds. The van der Waals surface area contributed by atoms with Crippen molar-refractivity contribution in [3.63, 3.8) is 0 Å². The lowest BCUT2D eigenvalue weighted by Crippen LogP contribution is -2.21. The van der Waals surface area contributed by atoms with Crippen LogP contribution in [0.15, 0.2) is 72.8 Å². The van der Waals surface area contributed by atoms with Gasteiger partial charge in [0, 0.05) is 10.8 Å². The zero-order chi connectivity index (χ0) is 25.1. The minimum Gasteiger partial charge on any atom is -0.508 e. The van der Waals surface area contributed by atoms with Crippen molar-refractivity contribution in [2.75, 3.05) is 26.4 Å². The van der Waals surface area contributed by atoms with Gasteiger partial charge in [-0.2, -0.15) is 0 Å². The summed E-state index contributed by atoms with van der Waals surface area (Å²) in [6.45, 7) is 12.0. The first-order valence-corrected chi connectivity index (χ1v) is 12.2. The van der Waals surface area contributed by atoms with Gasteiger partial charge in [0.25, 0.3) is 0 Å². The molecule has 2 aliphatic heterocycles. The molecule has 2 heterocycles. The minimum atomic E-state index is -0.144. The van der Waals surface area contributed by atoms with Gasteiger partial charge < -0.3 is 24.4 Å². The summed E-state index contributed by atoms with van der Waals surface area (Å²) in [5.41, 5.74) is 4.51. The Kier molecular flexibility index (Phi) is 7.50. The molecule has 2 unspecified atom stereocenters. The maximum absolute atomic E-state index is 9.53. The number of aromatic hydroxyl groups is 2. The van der Waals surface area contributed by atoms with Crippen LogP contribution in [0.5, 0.6) is 11.5 Å². The largest absolute Gasteiger partial charge is 0.508 e. The van der Waals surface area contributed by atoms with E-state index in [0.29, 0.717) is 12.2 Å². The van der Waals surface area contributed by atoms with E-state index in [2.05, 4.69) is 52.0 Å². The first-order valence-electron chi connectivity index (χ1n) is 12.2. The summed E-state index contributed by atoms with van der Waals surface area (Å²) in [4.78, 5) is 0. The summed E-state index contributed by atoms with van der Waals surface area (Å²) >= 11 is 0. The molecule has 0 saturated carbocycles. The second-order valence-electron chi connectivity index (χ2n) is 10.4. The zero-order valence-electron chi connectivity index (χ0n) is 21.0. The molecule has 0 aliphatic carbocycles. The molecule has 2 N–H and O–H groups in total. The number of hydrogen-bond donors (Lipinski definition) is 2. The molecule has 0 bridgehead atoms. The van der Waals surface area contributed by atoms with Crippen LogP contribution in [0.1, 0.15) is 49.9 Å². The van der Waals surface area contributed by atoms with Crippen molar-refractivity contribution in [3.05, 3.63) is 95.1 Å². The lowest BCUT2D eigenvalue weighted by molar-refractivity contribution is 0.102. The number of rotatable bonds is 8. The first-order chi connectivity index (χ1) is 16.7. The molecule has 186 valence electrons. The maximum Gasteiger partial charge on any atom is 0.115 e. The van der Waals surface area contributed by atoms with E-state index in [1.807, 2.05) is 24.3 Å². The first kappa shape index (κ1) is 25.2. The molecule has 0 aromatic heterocycles. The van der Waals surface area contributed by atoms with Crippen molar-refractivity contribution in [3.8, 4) is 11.5 Å². The molecule has 2 aliphatic rings. The van der Waals surface area contributed by atoms with Crippen LogP contribution in [0.25, 0.3) is 0 Å². The van der Waals surface area contributed by atoms with Gasteiger partial charge in [-0.3, -0.25) is 0 Å². The van der Waals surface area contributed by atoms with Gasteiger partial charge in [-0.15, -0.1) is 0 Å². The topological polar surface area (TPSA) is 74.8 Å². The van der Waals surface area contributed by atoms with E-state index in [9.17, 15) is 10.2 Å². The number of phenols is 2. The third-order valence-electron chi connectivity index (χ3n) is 6.92. The number of ether oxygens (including phenoxy) is 3. The average molecular weight is 477 g/mol. The molecule has 2 fully saturated rings. The Morgan fingerprint density at radius 3 is 1.11 bits per heavy atom. The summed E-state index contributed by atoms with van der Waals surface area (Å²) in [5.74, 6) is 0.575. The van der Waals surface area contributed by atoms with E-state index in [1.165, 1.54) is 22.3 Å². The Balaban J connectivity index is 0.000000266. The van der Waals surface area contributed by atoms with Gasteiger partial charge in [-0.05, 0) is 46.5 Å². The van der Waals surface area contributed by atoms with Crippen LogP contribution in [0.2, 0.25) is 0 Å². The fraction of sp³-hybridized carbons (Fsp3) is 0.400. The van der Waals surface area contributed by atoms with Gasteiger partial charge in [-0.1, -0.05) is 76.2 Å². The van der Waals surface area contributed by atoms with Gasteiger partial charge in [0.05, 0.1) is 26.4 Å². The summed E-state index contributed by atoms with van der Waals surface area (Å²) in [7, 11) is 0. The third-order valence-corrected chi connectivity index (χ3v) is 6.92. The summed E-state index contributed by atoms with van der Waals surface area (Å²) < 4.78 is 15.1. The van der Waals surface area contributed by atoms with Gasteiger partial charge in [0.1, 0.15) is 23.7 Å². The van der Waals surface area contributed by atoms with Crippen LogP contribution in [0, 0.1) is 0 Å². The predicted octanol–water partition coefficient (Wildman–Crippen LogP) is 5.55. The molecule has 2 saturated heterocycles.